The van der Waals surface area contributed by atoms with Crippen LogP contribution in [0.25, 0.3) is 0 Å². The van der Waals surface area contributed by atoms with Gasteiger partial charge in [-0.1, -0.05) is 47.5 Å². The van der Waals surface area contributed by atoms with Gasteiger partial charge < -0.3 is 4.90 Å². The lowest BCUT2D eigenvalue weighted by molar-refractivity contribution is 0.306. The highest BCUT2D eigenvalue weighted by Crippen LogP contribution is 2.30. The van der Waals surface area contributed by atoms with Crippen molar-refractivity contribution in [3.8, 4) is 0 Å². The van der Waals surface area contributed by atoms with E-state index in [9.17, 15) is 8.42 Å². The molecule has 0 radical (unpaired) electrons. The minimum Gasteiger partial charge on any atom is -0.344 e. The van der Waals surface area contributed by atoms with Gasteiger partial charge in [0.1, 0.15) is 10.7 Å². The summed E-state index contributed by atoms with van der Waals surface area (Å²) in [5, 5.41) is 1.09. The molecule has 1 fully saturated rings. The summed E-state index contributed by atoms with van der Waals surface area (Å²) in [7, 11) is -3.67. The first-order valence-corrected chi connectivity index (χ1v) is 12.7. The zero-order chi connectivity index (χ0) is 22.2. The fourth-order valence-electron chi connectivity index (χ4n) is 3.74. The maximum atomic E-state index is 13.2. The monoisotopic (exact) mass is 476 g/mol. The predicted octanol–water partition coefficient (Wildman–Crippen LogP) is 4.30. The highest BCUT2D eigenvalue weighted by atomic mass is 35.5. The molecule has 3 aromatic rings. The Hall–Kier alpha value is -2.00. The molecule has 0 N–H and O–H groups in total. The summed E-state index contributed by atoms with van der Waals surface area (Å²) in [4.78, 5) is 6.99. The lowest BCUT2D eigenvalue weighted by Crippen LogP contribution is -2.54. The van der Waals surface area contributed by atoms with Crippen molar-refractivity contribution < 1.29 is 8.42 Å². The number of rotatable bonds is 5. The number of hydrogen-bond donors (Lipinski definition) is 0. The Morgan fingerprint density at radius 3 is 2.52 bits per heavy atom. The Bertz CT molecular complexity index is 1180. The SMILES string of the molecule is Cc1ccc(Cc2nsc(N3CCN(S(=O)(=O)c4cc(C)ccc4Cl)C(C)C3)n2)cc1. The van der Waals surface area contributed by atoms with Gasteiger partial charge in [-0.3, -0.25) is 0 Å². The van der Waals surface area contributed by atoms with Gasteiger partial charge in [0.2, 0.25) is 15.2 Å². The minimum atomic E-state index is -3.67. The van der Waals surface area contributed by atoms with Gasteiger partial charge in [0, 0.05) is 43.6 Å². The van der Waals surface area contributed by atoms with Crippen LogP contribution in [0.2, 0.25) is 5.02 Å². The van der Waals surface area contributed by atoms with Gasteiger partial charge in [-0.05, 0) is 44.0 Å². The molecule has 0 spiro atoms. The molecule has 0 aliphatic carbocycles. The summed E-state index contributed by atoms with van der Waals surface area (Å²) in [6.45, 7) is 7.34. The van der Waals surface area contributed by atoms with Crippen molar-refractivity contribution >= 4 is 38.3 Å². The van der Waals surface area contributed by atoms with Crippen LogP contribution in [0.4, 0.5) is 5.13 Å². The minimum absolute atomic E-state index is 0.172. The van der Waals surface area contributed by atoms with Crippen molar-refractivity contribution in [1.29, 1.82) is 0 Å². The van der Waals surface area contributed by atoms with Crippen molar-refractivity contribution in [1.82, 2.24) is 13.7 Å². The summed E-state index contributed by atoms with van der Waals surface area (Å²) < 4.78 is 32.5. The van der Waals surface area contributed by atoms with E-state index in [1.54, 1.807) is 16.4 Å². The number of aryl methyl sites for hydroxylation is 2. The molecule has 2 heterocycles. The molecule has 1 aromatic heterocycles. The van der Waals surface area contributed by atoms with E-state index in [-0.39, 0.29) is 16.0 Å². The van der Waals surface area contributed by atoms with Gasteiger partial charge in [0.25, 0.3) is 0 Å². The average molecular weight is 477 g/mol. The molecule has 1 aliphatic heterocycles. The number of anilines is 1. The van der Waals surface area contributed by atoms with E-state index >= 15 is 0 Å². The number of nitrogens with zero attached hydrogens (tertiary/aromatic N) is 4. The van der Waals surface area contributed by atoms with Crippen molar-refractivity contribution in [3.63, 3.8) is 0 Å². The number of piperazine rings is 1. The molecule has 0 saturated carbocycles. The molecule has 1 saturated heterocycles. The molecule has 0 amide bonds. The largest absolute Gasteiger partial charge is 0.344 e. The molecule has 6 nitrogen and oxygen atoms in total. The van der Waals surface area contributed by atoms with Crippen molar-refractivity contribution in [2.24, 2.45) is 0 Å². The van der Waals surface area contributed by atoms with Crippen molar-refractivity contribution in [2.75, 3.05) is 24.5 Å². The molecule has 31 heavy (non-hydrogen) atoms. The Balaban J connectivity index is 1.46. The highest BCUT2D eigenvalue weighted by Gasteiger charge is 2.35. The summed E-state index contributed by atoms with van der Waals surface area (Å²) in [5.74, 6) is 0.790. The van der Waals surface area contributed by atoms with Gasteiger partial charge in [-0.2, -0.15) is 8.68 Å². The van der Waals surface area contributed by atoms with Crippen LogP contribution in [0.3, 0.4) is 0 Å². The van der Waals surface area contributed by atoms with Gasteiger partial charge in [0.05, 0.1) is 5.02 Å². The molecule has 9 heteroatoms. The summed E-state index contributed by atoms with van der Waals surface area (Å²) in [6.07, 6.45) is 0.687. The van der Waals surface area contributed by atoms with E-state index in [2.05, 4.69) is 40.5 Å². The third-order valence-electron chi connectivity index (χ3n) is 5.45. The normalized spacial score (nSPS) is 17.8. The van der Waals surface area contributed by atoms with Crippen LogP contribution in [0.5, 0.6) is 0 Å². The number of hydrogen-bond acceptors (Lipinski definition) is 6. The molecule has 1 unspecified atom stereocenters. The summed E-state index contributed by atoms with van der Waals surface area (Å²) in [5.41, 5.74) is 3.27. The van der Waals surface area contributed by atoms with Crippen LogP contribution in [0, 0.1) is 13.8 Å². The lowest BCUT2D eigenvalue weighted by atomic mass is 10.1. The van der Waals surface area contributed by atoms with Crippen molar-refractivity contribution in [3.05, 3.63) is 70.0 Å². The predicted molar refractivity (Wildman–Crippen MR) is 126 cm³/mol. The summed E-state index contributed by atoms with van der Waals surface area (Å²) >= 11 is 7.58. The van der Waals surface area contributed by atoms with Crippen LogP contribution < -0.4 is 4.90 Å². The molecule has 1 atom stereocenters. The van der Waals surface area contributed by atoms with E-state index in [1.807, 2.05) is 19.9 Å². The fraction of sp³-hybridized carbons (Fsp3) is 0.364. The Kier molecular flexibility index (Phi) is 6.35. The van der Waals surface area contributed by atoms with Gasteiger partial charge in [0.15, 0.2) is 0 Å². The van der Waals surface area contributed by atoms with E-state index in [0.717, 1.165) is 16.5 Å². The maximum Gasteiger partial charge on any atom is 0.244 e. The van der Waals surface area contributed by atoms with Gasteiger partial charge >= 0.3 is 0 Å². The number of benzene rings is 2. The Morgan fingerprint density at radius 2 is 1.81 bits per heavy atom. The third kappa shape index (κ3) is 4.77. The zero-order valence-corrected chi connectivity index (χ0v) is 20.1. The second kappa shape index (κ2) is 8.86. The molecule has 164 valence electrons. The van der Waals surface area contributed by atoms with Crippen LogP contribution >= 0.6 is 23.1 Å². The molecular weight excluding hydrogens is 452 g/mol. The Labute approximate surface area is 192 Å². The molecule has 4 rings (SSSR count). The lowest BCUT2D eigenvalue weighted by Gasteiger charge is -2.38. The molecular formula is C22H25ClN4O2S2. The molecule has 2 aromatic carbocycles. The van der Waals surface area contributed by atoms with E-state index in [1.165, 1.54) is 22.7 Å². The van der Waals surface area contributed by atoms with Crippen LogP contribution in [0.15, 0.2) is 47.4 Å². The number of aromatic nitrogens is 2. The second-order valence-electron chi connectivity index (χ2n) is 8.00. The third-order valence-corrected chi connectivity index (χ3v) is 8.76. The van der Waals surface area contributed by atoms with E-state index in [4.69, 9.17) is 16.6 Å². The van der Waals surface area contributed by atoms with Gasteiger partial charge in [-0.25, -0.2) is 13.4 Å². The number of halogens is 1. The molecule has 0 bridgehead atoms. The van der Waals surface area contributed by atoms with Crippen LogP contribution in [-0.4, -0.2) is 47.8 Å². The van der Waals surface area contributed by atoms with E-state index < -0.39 is 10.0 Å². The average Bonchev–Trinajstić information content (AvgIpc) is 3.19. The Morgan fingerprint density at radius 1 is 1.10 bits per heavy atom. The maximum absolute atomic E-state index is 13.2. The smallest absolute Gasteiger partial charge is 0.244 e. The quantitative estimate of drug-likeness (QED) is 0.549. The van der Waals surface area contributed by atoms with E-state index in [0.29, 0.717) is 26.1 Å². The highest BCUT2D eigenvalue weighted by molar-refractivity contribution is 7.89. The molecule has 1 aliphatic rings. The zero-order valence-electron chi connectivity index (χ0n) is 17.7. The van der Waals surface area contributed by atoms with Gasteiger partial charge in [-0.15, -0.1) is 0 Å². The number of sulfonamides is 1. The second-order valence-corrected chi connectivity index (χ2v) is 11.0. The fourth-order valence-corrected chi connectivity index (χ4v) is 6.63. The van der Waals surface area contributed by atoms with Crippen molar-refractivity contribution in [2.45, 2.75) is 38.1 Å². The summed E-state index contributed by atoms with van der Waals surface area (Å²) in [6, 6.07) is 13.2. The van der Waals surface area contributed by atoms with Crippen LogP contribution in [0.1, 0.15) is 29.4 Å². The van der Waals surface area contributed by atoms with Crippen LogP contribution in [-0.2, 0) is 16.4 Å². The first kappa shape index (κ1) is 22.2. The first-order chi connectivity index (χ1) is 14.7. The standard InChI is InChI=1S/C22H25ClN4O2S2/c1-15-4-7-18(8-5-15)13-21-24-22(30-25-21)26-10-11-27(17(3)14-26)31(28,29)20-12-16(2)6-9-19(20)23/h4-9,12,17H,10-11,13-14H2,1-3H3. The first-order valence-electron chi connectivity index (χ1n) is 10.1. The topological polar surface area (TPSA) is 66.4 Å².